The number of rotatable bonds is 4. The zero-order chi connectivity index (χ0) is 15.5. The van der Waals surface area contributed by atoms with Gasteiger partial charge in [0.15, 0.2) is 0 Å². The average Bonchev–Trinajstić information content (AvgIpc) is 2.94. The minimum atomic E-state index is 0.154. The first-order chi connectivity index (χ1) is 10.6. The Morgan fingerprint density at radius 2 is 2.05 bits per heavy atom. The lowest BCUT2D eigenvalue weighted by Gasteiger charge is -2.33. The molecular weight excluding hydrogens is 276 g/mol. The molecule has 2 aliphatic heterocycles. The van der Waals surface area contributed by atoms with Crippen molar-refractivity contribution in [1.82, 2.24) is 4.98 Å². The molecule has 0 amide bonds. The van der Waals surface area contributed by atoms with Crippen LogP contribution in [-0.4, -0.2) is 36.4 Å². The summed E-state index contributed by atoms with van der Waals surface area (Å²) in [6, 6.07) is 4.04. The second-order valence-corrected chi connectivity index (χ2v) is 6.24. The zero-order valence-electron chi connectivity index (χ0n) is 13.3. The van der Waals surface area contributed by atoms with Crippen LogP contribution in [0.25, 0.3) is 0 Å². The first-order valence-corrected chi connectivity index (χ1v) is 8.00. The Morgan fingerprint density at radius 3 is 2.59 bits per heavy atom. The van der Waals surface area contributed by atoms with Crippen LogP contribution in [0.15, 0.2) is 35.1 Å². The average molecular weight is 300 g/mol. The maximum atomic E-state index is 5.81. The molecule has 5 heteroatoms. The molecule has 2 aliphatic rings. The molecule has 2 N–H and O–H groups in total. The highest BCUT2D eigenvalue weighted by atomic mass is 16.5. The van der Waals surface area contributed by atoms with E-state index in [1.54, 1.807) is 0 Å². The number of piperidine rings is 1. The summed E-state index contributed by atoms with van der Waals surface area (Å²) in [4.78, 5) is 11.3. The van der Waals surface area contributed by atoms with Crippen molar-refractivity contribution in [3.63, 3.8) is 0 Å². The standard InChI is InChI=1S/C17H24N4O/c1-12(2)22-17-4-3-15(11-20-17)21-7-5-13(6-8-21)16-9-14(18)10-19-16/h3-4,9,11-13H,5-8,10,18H2,1-2H3. The number of hydrogen-bond donors (Lipinski definition) is 1. The van der Waals surface area contributed by atoms with E-state index in [0.29, 0.717) is 18.3 Å². The summed E-state index contributed by atoms with van der Waals surface area (Å²) in [7, 11) is 0. The Kier molecular flexibility index (Phi) is 4.32. The number of aromatic nitrogens is 1. The van der Waals surface area contributed by atoms with Crippen molar-refractivity contribution in [2.75, 3.05) is 24.5 Å². The number of ether oxygens (including phenoxy) is 1. The lowest BCUT2D eigenvalue weighted by molar-refractivity contribution is 0.232. The molecule has 1 fully saturated rings. The molecule has 0 saturated carbocycles. The Bertz CT molecular complexity index is 569. The van der Waals surface area contributed by atoms with Crippen molar-refractivity contribution in [3.05, 3.63) is 30.1 Å². The monoisotopic (exact) mass is 300 g/mol. The molecule has 1 aromatic rings. The number of hydrogen-bond acceptors (Lipinski definition) is 5. The fraction of sp³-hybridized carbons (Fsp3) is 0.529. The Balaban J connectivity index is 1.57. The van der Waals surface area contributed by atoms with Crippen LogP contribution in [0.1, 0.15) is 26.7 Å². The Morgan fingerprint density at radius 1 is 1.27 bits per heavy atom. The molecule has 0 unspecified atom stereocenters. The van der Waals surface area contributed by atoms with Crippen LogP contribution in [0, 0.1) is 5.92 Å². The van der Waals surface area contributed by atoms with Crippen LogP contribution in [0.5, 0.6) is 5.88 Å². The van der Waals surface area contributed by atoms with Gasteiger partial charge in [-0.3, -0.25) is 4.99 Å². The highest BCUT2D eigenvalue weighted by molar-refractivity contribution is 5.99. The number of allylic oxidation sites excluding steroid dienone is 1. The van der Waals surface area contributed by atoms with Crippen molar-refractivity contribution >= 4 is 11.4 Å². The Hall–Kier alpha value is -2.04. The van der Waals surface area contributed by atoms with Gasteiger partial charge in [0, 0.05) is 36.5 Å². The molecule has 0 bridgehead atoms. The first kappa shape index (κ1) is 14.9. The summed E-state index contributed by atoms with van der Waals surface area (Å²) >= 11 is 0. The maximum absolute atomic E-state index is 5.81. The molecule has 0 aromatic carbocycles. The van der Waals surface area contributed by atoms with Gasteiger partial charge in [0.25, 0.3) is 0 Å². The van der Waals surface area contributed by atoms with E-state index in [4.69, 9.17) is 10.5 Å². The summed E-state index contributed by atoms with van der Waals surface area (Å²) in [5.41, 5.74) is 9.06. The molecule has 0 spiro atoms. The number of nitrogens with two attached hydrogens (primary N) is 1. The van der Waals surface area contributed by atoms with Crippen LogP contribution >= 0.6 is 0 Å². The summed E-state index contributed by atoms with van der Waals surface area (Å²) in [6.45, 7) is 6.75. The molecule has 118 valence electrons. The predicted molar refractivity (Wildman–Crippen MR) is 89.5 cm³/mol. The van der Waals surface area contributed by atoms with Crippen LogP contribution in [0.3, 0.4) is 0 Å². The molecular formula is C17H24N4O. The summed E-state index contributed by atoms with van der Waals surface area (Å²) in [5, 5.41) is 0. The van der Waals surface area contributed by atoms with Crippen LogP contribution in [0.2, 0.25) is 0 Å². The molecule has 1 saturated heterocycles. The quantitative estimate of drug-likeness (QED) is 0.927. The van der Waals surface area contributed by atoms with E-state index in [1.165, 1.54) is 5.71 Å². The van der Waals surface area contributed by atoms with E-state index < -0.39 is 0 Å². The van der Waals surface area contributed by atoms with Gasteiger partial charge in [0.05, 0.1) is 24.5 Å². The van der Waals surface area contributed by atoms with Crippen molar-refractivity contribution in [2.45, 2.75) is 32.8 Å². The van der Waals surface area contributed by atoms with Gasteiger partial charge in [-0.1, -0.05) is 0 Å². The maximum Gasteiger partial charge on any atom is 0.213 e. The third-order valence-electron chi connectivity index (χ3n) is 4.13. The van der Waals surface area contributed by atoms with E-state index in [0.717, 1.165) is 37.3 Å². The van der Waals surface area contributed by atoms with Gasteiger partial charge in [-0.25, -0.2) is 4.98 Å². The minimum absolute atomic E-state index is 0.154. The molecule has 3 heterocycles. The number of nitrogens with zero attached hydrogens (tertiary/aromatic N) is 3. The van der Waals surface area contributed by atoms with Gasteiger partial charge in [-0.05, 0) is 38.8 Å². The van der Waals surface area contributed by atoms with Gasteiger partial charge in [-0.15, -0.1) is 0 Å². The largest absolute Gasteiger partial charge is 0.475 e. The van der Waals surface area contributed by atoms with Gasteiger partial charge < -0.3 is 15.4 Å². The zero-order valence-corrected chi connectivity index (χ0v) is 13.3. The van der Waals surface area contributed by atoms with Crippen LogP contribution in [0.4, 0.5) is 5.69 Å². The van der Waals surface area contributed by atoms with Gasteiger partial charge in [0.2, 0.25) is 5.88 Å². The number of aliphatic imine (C=N–C) groups is 1. The topological polar surface area (TPSA) is 63.7 Å². The third-order valence-corrected chi connectivity index (χ3v) is 4.13. The normalized spacial score (nSPS) is 19.3. The second-order valence-electron chi connectivity index (χ2n) is 6.24. The van der Waals surface area contributed by atoms with E-state index in [1.807, 2.05) is 26.1 Å². The third kappa shape index (κ3) is 3.40. The van der Waals surface area contributed by atoms with Crippen LogP contribution < -0.4 is 15.4 Å². The lowest BCUT2D eigenvalue weighted by atomic mass is 9.91. The minimum Gasteiger partial charge on any atom is -0.475 e. The van der Waals surface area contributed by atoms with E-state index in [2.05, 4.69) is 27.0 Å². The molecule has 0 atom stereocenters. The molecule has 22 heavy (non-hydrogen) atoms. The smallest absolute Gasteiger partial charge is 0.213 e. The van der Waals surface area contributed by atoms with Crippen LogP contribution in [-0.2, 0) is 0 Å². The SMILES string of the molecule is CC(C)Oc1ccc(N2CCC(C3=NCC(N)=C3)CC2)cn1. The van der Waals surface area contributed by atoms with Crippen molar-refractivity contribution in [2.24, 2.45) is 16.6 Å². The first-order valence-electron chi connectivity index (χ1n) is 8.00. The summed E-state index contributed by atoms with van der Waals surface area (Å²) in [6.07, 6.45) is 6.35. The van der Waals surface area contributed by atoms with Crippen molar-refractivity contribution in [3.8, 4) is 5.88 Å². The fourth-order valence-electron chi connectivity index (χ4n) is 3.01. The molecule has 0 radical (unpaired) electrons. The van der Waals surface area contributed by atoms with Crippen molar-refractivity contribution < 1.29 is 4.74 Å². The molecule has 1 aromatic heterocycles. The van der Waals surface area contributed by atoms with Gasteiger partial charge >= 0.3 is 0 Å². The Labute approximate surface area is 131 Å². The predicted octanol–water partition coefficient (Wildman–Crippen LogP) is 2.38. The van der Waals surface area contributed by atoms with E-state index in [-0.39, 0.29) is 6.10 Å². The van der Waals surface area contributed by atoms with Crippen molar-refractivity contribution in [1.29, 1.82) is 0 Å². The van der Waals surface area contributed by atoms with E-state index in [9.17, 15) is 0 Å². The molecule has 0 aliphatic carbocycles. The van der Waals surface area contributed by atoms with E-state index >= 15 is 0 Å². The highest BCUT2D eigenvalue weighted by Gasteiger charge is 2.24. The summed E-state index contributed by atoms with van der Waals surface area (Å²) < 4.78 is 5.59. The number of pyridine rings is 1. The van der Waals surface area contributed by atoms with Gasteiger partial charge in [-0.2, -0.15) is 0 Å². The van der Waals surface area contributed by atoms with Gasteiger partial charge in [0.1, 0.15) is 0 Å². The second kappa shape index (κ2) is 6.38. The molecule has 3 rings (SSSR count). The number of anilines is 1. The fourth-order valence-corrected chi connectivity index (χ4v) is 3.01. The molecule has 5 nitrogen and oxygen atoms in total. The lowest BCUT2D eigenvalue weighted by Crippen LogP contribution is -2.35. The summed E-state index contributed by atoms with van der Waals surface area (Å²) in [5.74, 6) is 1.24. The highest BCUT2D eigenvalue weighted by Crippen LogP contribution is 2.26.